The average molecular weight is 323 g/mol. The van der Waals surface area contributed by atoms with Crippen molar-refractivity contribution >= 4 is 23.3 Å². The number of nitrogens with one attached hydrogen (secondary N) is 1. The molecule has 0 spiro atoms. The molecule has 5 nitrogen and oxygen atoms in total. The van der Waals surface area contributed by atoms with E-state index in [4.69, 9.17) is 0 Å². The Morgan fingerprint density at radius 2 is 1.67 bits per heavy atom. The number of nitrogens with zero attached hydrogens (tertiary/aromatic N) is 2. The maximum atomic E-state index is 12.2. The summed E-state index contributed by atoms with van der Waals surface area (Å²) in [5.74, 6) is -0.142. The summed E-state index contributed by atoms with van der Waals surface area (Å²) in [5, 5.41) is 2.88. The predicted octanol–water partition coefficient (Wildman–Crippen LogP) is 3.51. The summed E-state index contributed by atoms with van der Waals surface area (Å²) in [5.41, 5.74) is 3.30. The van der Waals surface area contributed by atoms with Crippen molar-refractivity contribution in [3.63, 3.8) is 0 Å². The first kappa shape index (κ1) is 16.1. The van der Waals surface area contributed by atoms with E-state index >= 15 is 0 Å². The quantitative estimate of drug-likeness (QED) is 0.940. The summed E-state index contributed by atoms with van der Waals surface area (Å²) in [7, 11) is 1.81. The zero-order valence-corrected chi connectivity index (χ0v) is 14.0. The molecule has 0 saturated carbocycles. The highest BCUT2D eigenvalue weighted by molar-refractivity contribution is 6.04. The monoisotopic (exact) mass is 323 g/mol. The number of rotatable bonds is 3. The van der Waals surface area contributed by atoms with Gasteiger partial charge in [0.05, 0.1) is 0 Å². The number of amides is 3. The van der Waals surface area contributed by atoms with Crippen molar-refractivity contribution in [2.75, 3.05) is 30.4 Å². The SMILES string of the molecule is Cc1ccc(C(=O)Nc2ccc(N3CCCN(C)C3=O)cc2)cc1. The van der Waals surface area contributed by atoms with Crippen LogP contribution in [0.3, 0.4) is 0 Å². The summed E-state index contributed by atoms with van der Waals surface area (Å²) < 4.78 is 0. The molecule has 0 aromatic heterocycles. The highest BCUT2D eigenvalue weighted by Crippen LogP contribution is 2.22. The van der Waals surface area contributed by atoms with Crippen LogP contribution in [-0.4, -0.2) is 37.0 Å². The second-order valence-corrected chi connectivity index (χ2v) is 6.08. The lowest BCUT2D eigenvalue weighted by molar-refractivity contribution is 0.102. The first-order valence-corrected chi connectivity index (χ1v) is 8.05. The molecule has 5 heteroatoms. The zero-order chi connectivity index (χ0) is 17.1. The third kappa shape index (κ3) is 3.40. The molecule has 0 unspecified atom stereocenters. The number of aryl methyl sites for hydroxylation is 1. The Balaban J connectivity index is 1.69. The largest absolute Gasteiger partial charge is 0.327 e. The van der Waals surface area contributed by atoms with Crippen molar-refractivity contribution in [2.24, 2.45) is 0 Å². The van der Waals surface area contributed by atoms with Crippen molar-refractivity contribution in [3.05, 3.63) is 59.7 Å². The minimum atomic E-state index is -0.142. The molecule has 2 aromatic rings. The Bertz CT molecular complexity index is 738. The molecule has 0 aliphatic carbocycles. The molecule has 24 heavy (non-hydrogen) atoms. The van der Waals surface area contributed by atoms with Crippen LogP contribution in [0, 0.1) is 6.92 Å². The number of benzene rings is 2. The Morgan fingerprint density at radius 1 is 1.00 bits per heavy atom. The van der Waals surface area contributed by atoms with Crippen LogP contribution in [0.15, 0.2) is 48.5 Å². The number of hydrogen-bond donors (Lipinski definition) is 1. The van der Waals surface area contributed by atoms with Gasteiger partial charge in [0.1, 0.15) is 0 Å². The third-order valence-electron chi connectivity index (χ3n) is 4.18. The molecular formula is C19H21N3O2. The molecule has 1 aliphatic rings. The van der Waals surface area contributed by atoms with E-state index in [1.54, 1.807) is 21.9 Å². The Labute approximate surface area is 141 Å². The smallest absolute Gasteiger partial charge is 0.324 e. The molecule has 0 bridgehead atoms. The highest BCUT2D eigenvalue weighted by atomic mass is 16.2. The predicted molar refractivity (Wildman–Crippen MR) is 95.6 cm³/mol. The van der Waals surface area contributed by atoms with E-state index in [-0.39, 0.29) is 11.9 Å². The lowest BCUT2D eigenvalue weighted by Gasteiger charge is -2.33. The summed E-state index contributed by atoms with van der Waals surface area (Å²) in [6, 6.07) is 14.8. The van der Waals surface area contributed by atoms with Gasteiger partial charge in [-0.1, -0.05) is 17.7 Å². The number of carbonyl (C=O) groups excluding carboxylic acids is 2. The van der Waals surface area contributed by atoms with E-state index in [1.165, 1.54) is 0 Å². The second-order valence-electron chi connectivity index (χ2n) is 6.08. The van der Waals surface area contributed by atoms with E-state index < -0.39 is 0 Å². The van der Waals surface area contributed by atoms with Gasteiger partial charge in [-0.3, -0.25) is 9.69 Å². The third-order valence-corrected chi connectivity index (χ3v) is 4.18. The normalized spacial score (nSPS) is 14.7. The van der Waals surface area contributed by atoms with Gasteiger partial charge in [-0.25, -0.2) is 4.79 Å². The highest BCUT2D eigenvalue weighted by Gasteiger charge is 2.23. The molecule has 1 N–H and O–H groups in total. The fourth-order valence-corrected chi connectivity index (χ4v) is 2.74. The van der Waals surface area contributed by atoms with E-state index in [2.05, 4.69) is 5.32 Å². The molecule has 2 aromatic carbocycles. The van der Waals surface area contributed by atoms with Crippen LogP contribution in [0.25, 0.3) is 0 Å². The van der Waals surface area contributed by atoms with Crippen LogP contribution >= 0.6 is 0 Å². The average Bonchev–Trinajstić information content (AvgIpc) is 2.59. The summed E-state index contributed by atoms with van der Waals surface area (Å²) in [6.45, 7) is 3.50. The van der Waals surface area contributed by atoms with Crippen LogP contribution in [0.4, 0.5) is 16.2 Å². The molecule has 0 radical (unpaired) electrons. The van der Waals surface area contributed by atoms with Gasteiger partial charge in [0, 0.05) is 37.1 Å². The van der Waals surface area contributed by atoms with Crippen LogP contribution in [-0.2, 0) is 0 Å². The standard InChI is InChI=1S/C19H21N3O2/c1-14-4-6-15(7-5-14)18(23)20-16-8-10-17(11-9-16)22-13-3-12-21(2)19(22)24/h4-11H,3,12-13H2,1-2H3,(H,20,23). The van der Waals surface area contributed by atoms with Gasteiger partial charge in [0.2, 0.25) is 0 Å². The van der Waals surface area contributed by atoms with Gasteiger partial charge < -0.3 is 10.2 Å². The molecule has 3 rings (SSSR count). The van der Waals surface area contributed by atoms with Gasteiger partial charge in [-0.2, -0.15) is 0 Å². The Morgan fingerprint density at radius 3 is 2.33 bits per heavy atom. The van der Waals surface area contributed by atoms with Crippen molar-refractivity contribution in [2.45, 2.75) is 13.3 Å². The van der Waals surface area contributed by atoms with Gasteiger partial charge >= 0.3 is 6.03 Å². The number of hydrogen-bond acceptors (Lipinski definition) is 2. The fourth-order valence-electron chi connectivity index (χ4n) is 2.74. The van der Waals surface area contributed by atoms with Gasteiger partial charge in [0.25, 0.3) is 5.91 Å². The lowest BCUT2D eigenvalue weighted by atomic mass is 10.1. The van der Waals surface area contributed by atoms with Crippen molar-refractivity contribution in [1.82, 2.24) is 4.90 Å². The maximum Gasteiger partial charge on any atom is 0.324 e. The zero-order valence-electron chi connectivity index (χ0n) is 14.0. The topological polar surface area (TPSA) is 52.7 Å². The summed E-state index contributed by atoms with van der Waals surface area (Å²) in [6.07, 6.45) is 0.953. The fraction of sp³-hybridized carbons (Fsp3) is 0.263. The molecule has 1 saturated heterocycles. The van der Waals surface area contributed by atoms with Crippen molar-refractivity contribution in [1.29, 1.82) is 0 Å². The van der Waals surface area contributed by atoms with Crippen LogP contribution in [0.5, 0.6) is 0 Å². The van der Waals surface area contributed by atoms with E-state index in [0.29, 0.717) is 11.3 Å². The summed E-state index contributed by atoms with van der Waals surface area (Å²) in [4.78, 5) is 27.9. The molecule has 3 amide bonds. The number of urea groups is 1. The van der Waals surface area contributed by atoms with Gasteiger partial charge in [-0.05, 0) is 49.7 Å². The van der Waals surface area contributed by atoms with Gasteiger partial charge in [0.15, 0.2) is 0 Å². The van der Waals surface area contributed by atoms with Crippen molar-refractivity contribution < 1.29 is 9.59 Å². The lowest BCUT2D eigenvalue weighted by Crippen LogP contribution is -2.47. The minimum Gasteiger partial charge on any atom is -0.327 e. The van der Waals surface area contributed by atoms with Crippen LogP contribution in [0.1, 0.15) is 22.3 Å². The first-order chi connectivity index (χ1) is 11.5. The van der Waals surface area contributed by atoms with Gasteiger partial charge in [-0.15, -0.1) is 0 Å². The van der Waals surface area contributed by atoms with E-state index in [1.807, 2.05) is 50.4 Å². The van der Waals surface area contributed by atoms with Crippen LogP contribution in [0.2, 0.25) is 0 Å². The minimum absolute atomic E-state index is 0.0118. The summed E-state index contributed by atoms with van der Waals surface area (Å²) >= 11 is 0. The van der Waals surface area contributed by atoms with E-state index in [9.17, 15) is 9.59 Å². The number of anilines is 2. The van der Waals surface area contributed by atoms with E-state index in [0.717, 1.165) is 30.8 Å². The van der Waals surface area contributed by atoms with Crippen molar-refractivity contribution in [3.8, 4) is 0 Å². The van der Waals surface area contributed by atoms with Crippen LogP contribution < -0.4 is 10.2 Å². The molecular weight excluding hydrogens is 302 g/mol. The molecule has 1 aliphatic heterocycles. The molecule has 1 fully saturated rings. The molecule has 0 atom stereocenters. The number of carbonyl (C=O) groups is 2. The Kier molecular flexibility index (Phi) is 4.51. The first-order valence-electron chi connectivity index (χ1n) is 8.05. The molecule has 124 valence electrons. The second kappa shape index (κ2) is 6.74. The Hall–Kier alpha value is -2.82. The maximum absolute atomic E-state index is 12.2. The molecule has 1 heterocycles.